The molecule has 1 aromatic heterocycles. The lowest BCUT2D eigenvalue weighted by Crippen LogP contribution is -2.26. The van der Waals surface area contributed by atoms with Crippen molar-refractivity contribution >= 4 is 5.91 Å². The maximum atomic E-state index is 12.7. The van der Waals surface area contributed by atoms with Crippen LogP contribution in [0, 0.1) is 13.8 Å². The van der Waals surface area contributed by atoms with E-state index in [1.165, 1.54) is 0 Å². The van der Waals surface area contributed by atoms with Crippen molar-refractivity contribution in [1.82, 2.24) is 15.1 Å². The number of hydrogen-bond acceptors (Lipinski definition) is 4. The average Bonchev–Trinajstić information content (AvgIpc) is 3.02. The first-order valence-electron chi connectivity index (χ1n) is 9.16. The number of hydrogen-bond donors (Lipinski definition) is 1. The zero-order valence-corrected chi connectivity index (χ0v) is 16.7. The molecule has 1 amide bonds. The summed E-state index contributed by atoms with van der Waals surface area (Å²) in [6.45, 7) is 4.29. The minimum Gasteiger partial charge on any atom is -0.493 e. The van der Waals surface area contributed by atoms with Crippen molar-refractivity contribution in [2.45, 2.75) is 20.3 Å². The van der Waals surface area contributed by atoms with Crippen molar-refractivity contribution in [3.05, 3.63) is 71.0 Å². The quantitative estimate of drug-likeness (QED) is 0.683. The van der Waals surface area contributed by atoms with Gasteiger partial charge < -0.3 is 14.8 Å². The topological polar surface area (TPSA) is 65.4 Å². The van der Waals surface area contributed by atoms with Crippen LogP contribution in [0.2, 0.25) is 0 Å². The molecule has 0 spiro atoms. The van der Waals surface area contributed by atoms with Gasteiger partial charge in [-0.15, -0.1) is 0 Å². The lowest BCUT2D eigenvalue weighted by Gasteiger charge is -2.10. The summed E-state index contributed by atoms with van der Waals surface area (Å²) >= 11 is 0. The zero-order valence-electron chi connectivity index (χ0n) is 16.7. The number of aryl methyl sites for hydroxylation is 1. The van der Waals surface area contributed by atoms with Crippen LogP contribution in [0.3, 0.4) is 0 Å². The van der Waals surface area contributed by atoms with E-state index in [-0.39, 0.29) is 5.91 Å². The molecule has 0 aliphatic heterocycles. The summed E-state index contributed by atoms with van der Waals surface area (Å²) in [5, 5.41) is 7.53. The second-order valence-corrected chi connectivity index (χ2v) is 6.49. The molecule has 0 saturated heterocycles. The molecule has 0 aliphatic carbocycles. The molecular formula is C22H25N3O3. The predicted octanol–water partition coefficient (Wildman–Crippen LogP) is 3.48. The maximum absolute atomic E-state index is 12.7. The third kappa shape index (κ3) is 4.01. The normalized spacial score (nSPS) is 10.6. The van der Waals surface area contributed by atoms with E-state index in [1.54, 1.807) is 18.9 Å². The lowest BCUT2D eigenvalue weighted by atomic mass is 10.1. The van der Waals surface area contributed by atoms with Gasteiger partial charge in [-0.3, -0.25) is 4.79 Å². The molecule has 1 heterocycles. The molecule has 6 heteroatoms. The summed E-state index contributed by atoms with van der Waals surface area (Å²) in [5.41, 5.74) is 4.16. The van der Waals surface area contributed by atoms with Gasteiger partial charge in [0.2, 0.25) is 0 Å². The first-order valence-corrected chi connectivity index (χ1v) is 9.16. The van der Waals surface area contributed by atoms with Crippen LogP contribution in [0.5, 0.6) is 11.5 Å². The van der Waals surface area contributed by atoms with Crippen LogP contribution in [0.25, 0.3) is 5.69 Å². The number of rotatable bonds is 7. The van der Waals surface area contributed by atoms with E-state index < -0.39 is 0 Å². The van der Waals surface area contributed by atoms with Crippen LogP contribution >= 0.6 is 0 Å². The number of carbonyl (C=O) groups is 1. The molecule has 0 fully saturated rings. The Labute approximate surface area is 165 Å². The summed E-state index contributed by atoms with van der Waals surface area (Å²) in [4.78, 5) is 12.7. The Hall–Kier alpha value is -3.28. The number of ether oxygens (including phenoxy) is 2. The van der Waals surface area contributed by atoms with Crippen molar-refractivity contribution in [2.24, 2.45) is 0 Å². The number of para-hydroxylation sites is 1. The monoisotopic (exact) mass is 379 g/mol. The molecule has 3 rings (SSSR count). The number of benzene rings is 2. The van der Waals surface area contributed by atoms with Crippen molar-refractivity contribution in [1.29, 1.82) is 0 Å². The Balaban J connectivity index is 1.68. The second kappa shape index (κ2) is 8.61. The van der Waals surface area contributed by atoms with Gasteiger partial charge in [-0.25, -0.2) is 4.68 Å². The van der Waals surface area contributed by atoms with Crippen LogP contribution in [0.1, 0.15) is 27.3 Å². The third-order valence-electron chi connectivity index (χ3n) is 4.67. The largest absolute Gasteiger partial charge is 0.493 e. The molecule has 0 saturated carbocycles. The predicted molar refractivity (Wildman–Crippen MR) is 109 cm³/mol. The summed E-state index contributed by atoms with van der Waals surface area (Å²) in [6, 6.07) is 15.6. The van der Waals surface area contributed by atoms with Gasteiger partial charge in [-0.05, 0) is 50.1 Å². The van der Waals surface area contributed by atoms with Crippen molar-refractivity contribution in [2.75, 3.05) is 20.8 Å². The van der Waals surface area contributed by atoms with Gasteiger partial charge in [-0.1, -0.05) is 24.3 Å². The van der Waals surface area contributed by atoms with E-state index in [4.69, 9.17) is 9.47 Å². The Morgan fingerprint density at radius 2 is 1.75 bits per heavy atom. The second-order valence-electron chi connectivity index (χ2n) is 6.49. The average molecular weight is 379 g/mol. The van der Waals surface area contributed by atoms with Gasteiger partial charge >= 0.3 is 0 Å². The van der Waals surface area contributed by atoms with Gasteiger partial charge in [0, 0.05) is 6.54 Å². The molecule has 0 bridgehead atoms. The highest BCUT2D eigenvalue weighted by Gasteiger charge is 2.19. The van der Waals surface area contributed by atoms with E-state index >= 15 is 0 Å². The van der Waals surface area contributed by atoms with Gasteiger partial charge in [0.05, 0.1) is 36.9 Å². The first kappa shape index (κ1) is 19.5. The van der Waals surface area contributed by atoms with E-state index in [0.29, 0.717) is 35.7 Å². The minimum atomic E-state index is -0.113. The molecule has 146 valence electrons. The number of amides is 1. The van der Waals surface area contributed by atoms with Crippen molar-refractivity contribution in [3.63, 3.8) is 0 Å². The number of nitrogens with one attached hydrogen (secondary N) is 1. The fraction of sp³-hybridized carbons (Fsp3) is 0.273. The Morgan fingerprint density at radius 3 is 2.43 bits per heavy atom. The molecule has 2 aromatic carbocycles. The van der Waals surface area contributed by atoms with Crippen molar-refractivity contribution in [3.8, 4) is 17.2 Å². The molecule has 0 unspecified atom stereocenters. The molecule has 6 nitrogen and oxygen atoms in total. The Kier molecular flexibility index (Phi) is 5.99. The first-order chi connectivity index (χ1) is 13.5. The molecule has 3 aromatic rings. The molecule has 0 atom stereocenters. The number of aromatic nitrogens is 2. The Bertz CT molecular complexity index is 965. The lowest BCUT2D eigenvalue weighted by molar-refractivity contribution is 0.0953. The summed E-state index contributed by atoms with van der Waals surface area (Å²) in [5.74, 6) is 1.26. The van der Waals surface area contributed by atoms with Gasteiger partial charge in [-0.2, -0.15) is 5.10 Å². The third-order valence-corrected chi connectivity index (χ3v) is 4.67. The molecule has 0 radical (unpaired) electrons. The van der Waals surface area contributed by atoms with Crippen LogP contribution in [0.4, 0.5) is 0 Å². The number of methoxy groups -OCH3 is 2. The highest BCUT2D eigenvalue weighted by Crippen LogP contribution is 2.27. The maximum Gasteiger partial charge on any atom is 0.255 e. The highest BCUT2D eigenvalue weighted by atomic mass is 16.5. The van der Waals surface area contributed by atoms with Crippen LogP contribution < -0.4 is 14.8 Å². The van der Waals surface area contributed by atoms with Crippen molar-refractivity contribution < 1.29 is 14.3 Å². The van der Waals surface area contributed by atoms with Gasteiger partial charge in [0.15, 0.2) is 11.5 Å². The zero-order chi connectivity index (χ0) is 20.1. The fourth-order valence-corrected chi connectivity index (χ4v) is 3.24. The molecule has 1 N–H and O–H groups in total. The minimum absolute atomic E-state index is 0.113. The smallest absolute Gasteiger partial charge is 0.255 e. The van der Waals surface area contributed by atoms with Gasteiger partial charge in [0.25, 0.3) is 5.91 Å². The SMILES string of the molecule is COc1ccc(CCNC(=O)c2c(C)nn(-c3ccccc3)c2C)cc1OC. The molecule has 28 heavy (non-hydrogen) atoms. The van der Waals surface area contributed by atoms with Gasteiger partial charge in [0.1, 0.15) is 0 Å². The van der Waals surface area contributed by atoms with E-state index in [1.807, 2.05) is 62.4 Å². The van der Waals surface area contributed by atoms with Crippen LogP contribution in [-0.2, 0) is 6.42 Å². The number of carbonyl (C=O) groups excluding carboxylic acids is 1. The Morgan fingerprint density at radius 1 is 1.04 bits per heavy atom. The standard InChI is InChI=1S/C22H25N3O3/c1-15-21(16(2)25(24-15)18-8-6-5-7-9-18)22(26)23-13-12-17-10-11-19(27-3)20(14-17)28-4/h5-11,14H,12-13H2,1-4H3,(H,23,26). The van der Waals surface area contributed by atoms with E-state index in [0.717, 1.165) is 16.9 Å². The summed E-state index contributed by atoms with van der Waals surface area (Å²) in [6.07, 6.45) is 0.691. The number of nitrogens with zero attached hydrogens (tertiary/aromatic N) is 2. The summed E-state index contributed by atoms with van der Waals surface area (Å²) in [7, 11) is 3.22. The molecule has 0 aliphatic rings. The van der Waals surface area contributed by atoms with Crippen LogP contribution in [0.15, 0.2) is 48.5 Å². The van der Waals surface area contributed by atoms with Crippen LogP contribution in [-0.4, -0.2) is 36.5 Å². The van der Waals surface area contributed by atoms with E-state index in [2.05, 4.69) is 10.4 Å². The highest BCUT2D eigenvalue weighted by molar-refractivity contribution is 5.96. The molecular weight excluding hydrogens is 354 g/mol. The van der Waals surface area contributed by atoms with E-state index in [9.17, 15) is 4.79 Å². The fourth-order valence-electron chi connectivity index (χ4n) is 3.24. The summed E-state index contributed by atoms with van der Waals surface area (Å²) < 4.78 is 12.4.